The Kier molecular flexibility index (Phi) is 2.45. The topological polar surface area (TPSA) is 41.6 Å². The molecule has 0 atom stereocenters. The summed E-state index contributed by atoms with van der Waals surface area (Å²) in [6, 6.07) is 4.24. The van der Waals surface area contributed by atoms with Crippen molar-refractivity contribution in [2.75, 3.05) is 0 Å². The van der Waals surface area contributed by atoms with Gasteiger partial charge in [0.05, 0.1) is 22.1 Å². The standard InChI is InChI=1S/C15H15N3S/c1-9-6-7-13(19-9)15-16-8-12-14(18-15)10-4-2-3-5-11(10)17-12/h6-8,17H,2-5H2,1H3. The molecule has 1 aliphatic rings. The van der Waals surface area contributed by atoms with Crippen LogP contribution in [0.3, 0.4) is 0 Å². The van der Waals surface area contributed by atoms with Crippen LogP contribution in [0.2, 0.25) is 0 Å². The maximum Gasteiger partial charge on any atom is 0.170 e. The van der Waals surface area contributed by atoms with Gasteiger partial charge >= 0.3 is 0 Å². The number of hydrogen-bond acceptors (Lipinski definition) is 3. The summed E-state index contributed by atoms with van der Waals surface area (Å²) < 4.78 is 0. The van der Waals surface area contributed by atoms with Gasteiger partial charge in [-0.3, -0.25) is 0 Å². The van der Waals surface area contributed by atoms with Crippen LogP contribution in [-0.2, 0) is 12.8 Å². The SMILES string of the molecule is Cc1ccc(-c2ncc3[nH]c4c(c3n2)CCCC4)s1. The molecule has 96 valence electrons. The van der Waals surface area contributed by atoms with Crippen molar-refractivity contribution in [1.82, 2.24) is 15.0 Å². The van der Waals surface area contributed by atoms with Gasteiger partial charge in [0, 0.05) is 10.6 Å². The smallest absolute Gasteiger partial charge is 0.170 e. The van der Waals surface area contributed by atoms with Crippen LogP contribution in [0.1, 0.15) is 29.0 Å². The molecule has 0 amide bonds. The zero-order valence-corrected chi connectivity index (χ0v) is 11.7. The van der Waals surface area contributed by atoms with E-state index in [0.29, 0.717) is 0 Å². The molecule has 3 aromatic rings. The molecule has 0 fully saturated rings. The minimum atomic E-state index is 0.859. The van der Waals surface area contributed by atoms with Crippen LogP contribution >= 0.6 is 11.3 Å². The van der Waals surface area contributed by atoms with Gasteiger partial charge in [0.2, 0.25) is 0 Å². The predicted molar refractivity (Wildman–Crippen MR) is 78.6 cm³/mol. The number of aryl methyl sites for hydroxylation is 3. The van der Waals surface area contributed by atoms with Crippen LogP contribution in [0.25, 0.3) is 21.7 Å². The van der Waals surface area contributed by atoms with Crippen molar-refractivity contribution >= 4 is 22.4 Å². The highest BCUT2D eigenvalue weighted by atomic mass is 32.1. The number of H-pyrrole nitrogens is 1. The summed E-state index contributed by atoms with van der Waals surface area (Å²) in [4.78, 5) is 15.2. The van der Waals surface area contributed by atoms with Crippen molar-refractivity contribution in [1.29, 1.82) is 0 Å². The fourth-order valence-electron chi connectivity index (χ4n) is 2.84. The molecule has 0 saturated carbocycles. The second-order valence-corrected chi connectivity index (χ2v) is 6.44. The molecule has 3 nitrogen and oxygen atoms in total. The molecule has 19 heavy (non-hydrogen) atoms. The molecule has 0 saturated heterocycles. The fraction of sp³-hybridized carbons (Fsp3) is 0.333. The van der Waals surface area contributed by atoms with E-state index >= 15 is 0 Å². The lowest BCUT2D eigenvalue weighted by Gasteiger charge is -2.09. The van der Waals surface area contributed by atoms with Gasteiger partial charge in [-0.15, -0.1) is 11.3 Å². The van der Waals surface area contributed by atoms with Crippen molar-refractivity contribution in [3.63, 3.8) is 0 Å². The normalized spacial score (nSPS) is 14.8. The Balaban J connectivity index is 1.90. The van der Waals surface area contributed by atoms with E-state index in [1.54, 1.807) is 11.3 Å². The van der Waals surface area contributed by atoms with Crippen molar-refractivity contribution < 1.29 is 0 Å². The second kappa shape index (κ2) is 4.17. The Morgan fingerprint density at radius 3 is 2.95 bits per heavy atom. The minimum Gasteiger partial charge on any atom is -0.356 e. The lowest BCUT2D eigenvalue weighted by molar-refractivity contribution is 0.679. The summed E-state index contributed by atoms with van der Waals surface area (Å²) in [5.41, 5.74) is 5.00. The molecule has 0 unspecified atom stereocenters. The third kappa shape index (κ3) is 1.78. The maximum atomic E-state index is 4.80. The van der Waals surface area contributed by atoms with Gasteiger partial charge < -0.3 is 4.98 Å². The number of nitrogens with zero attached hydrogens (tertiary/aromatic N) is 2. The zero-order valence-electron chi connectivity index (χ0n) is 10.9. The van der Waals surface area contributed by atoms with Gasteiger partial charge in [-0.2, -0.15) is 0 Å². The van der Waals surface area contributed by atoms with E-state index in [4.69, 9.17) is 4.98 Å². The number of rotatable bonds is 1. The first-order chi connectivity index (χ1) is 9.31. The van der Waals surface area contributed by atoms with Gasteiger partial charge in [-0.05, 0) is 50.3 Å². The van der Waals surface area contributed by atoms with Crippen molar-refractivity contribution in [3.8, 4) is 10.7 Å². The summed E-state index contributed by atoms with van der Waals surface area (Å²) in [6.07, 6.45) is 6.79. The first-order valence-electron chi connectivity index (χ1n) is 6.74. The van der Waals surface area contributed by atoms with Crippen LogP contribution < -0.4 is 0 Å². The van der Waals surface area contributed by atoms with Crippen LogP contribution in [-0.4, -0.2) is 15.0 Å². The third-order valence-corrected chi connectivity index (χ3v) is 4.79. The van der Waals surface area contributed by atoms with E-state index in [-0.39, 0.29) is 0 Å². The van der Waals surface area contributed by atoms with Gasteiger partial charge in [0.15, 0.2) is 5.82 Å². The third-order valence-electron chi connectivity index (χ3n) is 3.79. The largest absolute Gasteiger partial charge is 0.356 e. The average molecular weight is 269 g/mol. The monoisotopic (exact) mass is 269 g/mol. The Hall–Kier alpha value is -1.68. The Bertz CT molecular complexity index is 754. The molecule has 1 N–H and O–H groups in total. The minimum absolute atomic E-state index is 0.859. The molecule has 0 aromatic carbocycles. The molecule has 0 bridgehead atoms. The van der Waals surface area contributed by atoms with E-state index in [9.17, 15) is 0 Å². The van der Waals surface area contributed by atoms with Crippen LogP contribution in [0.15, 0.2) is 18.3 Å². The lowest BCUT2D eigenvalue weighted by atomic mass is 9.97. The number of aromatic nitrogens is 3. The first-order valence-corrected chi connectivity index (χ1v) is 7.56. The highest BCUT2D eigenvalue weighted by molar-refractivity contribution is 7.15. The predicted octanol–water partition coefficient (Wildman–Crippen LogP) is 3.87. The van der Waals surface area contributed by atoms with Gasteiger partial charge in [-0.1, -0.05) is 0 Å². The van der Waals surface area contributed by atoms with Crippen LogP contribution in [0, 0.1) is 6.92 Å². The van der Waals surface area contributed by atoms with E-state index in [2.05, 4.69) is 29.0 Å². The van der Waals surface area contributed by atoms with E-state index in [0.717, 1.165) is 34.6 Å². The molecular formula is C15H15N3S. The van der Waals surface area contributed by atoms with Crippen molar-refractivity contribution in [2.24, 2.45) is 0 Å². The molecule has 0 radical (unpaired) electrons. The summed E-state index contributed by atoms with van der Waals surface area (Å²) in [5.74, 6) is 0.859. The summed E-state index contributed by atoms with van der Waals surface area (Å²) in [6.45, 7) is 2.12. The zero-order chi connectivity index (χ0) is 12.8. The Morgan fingerprint density at radius 2 is 2.11 bits per heavy atom. The average Bonchev–Trinajstić information content (AvgIpc) is 3.01. The van der Waals surface area contributed by atoms with Gasteiger partial charge in [0.25, 0.3) is 0 Å². The van der Waals surface area contributed by atoms with Gasteiger partial charge in [0.1, 0.15) is 0 Å². The summed E-state index contributed by atoms with van der Waals surface area (Å²) in [5, 5.41) is 0. The number of fused-ring (bicyclic) bond motifs is 3. The molecule has 0 spiro atoms. The summed E-state index contributed by atoms with van der Waals surface area (Å²) in [7, 11) is 0. The molecule has 3 aromatic heterocycles. The molecule has 3 heterocycles. The van der Waals surface area contributed by atoms with Crippen LogP contribution in [0.5, 0.6) is 0 Å². The maximum absolute atomic E-state index is 4.80. The quantitative estimate of drug-likeness (QED) is 0.728. The molecule has 1 aliphatic carbocycles. The first kappa shape index (κ1) is 11.2. The molecule has 0 aliphatic heterocycles. The number of thiophene rings is 1. The lowest BCUT2D eigenvalue weighted by Crippen LogP contribution is -2.00. The highest BCUT2D eigenvalue weighted by Crippen LogP contribution is 2.30. The second-order valence-electron chi connectivity index (χ2n) is 5.16. The van der Waals surface area contributed by atoms with E-state index < -0.39 is 0 Å². The van der Waals surface area contributed by atoms with Crippen molar-refractivity contribution in [3.05, 3.63) is 34.5 Å². The van der Waals surface area contributed by atoms with Crippen molar-refractivity contribution in [2.45, 2.75) is 32.6 Å². The number of hydrogen-bond donors (Lipinski definition) is 1. The summed E-state index contributed by atoms with van der Waals surface area (Å²) >= 11 is 1.75. The molecule has 4 rings (SSSR count). The van der Waals surface area contributed by atoms with E-state index in [1.807, 2.05) is 6.20 Å². The number of aromatic amines is 1. The van der Waals surface area contributed by atoms with Crippen LogP contribution in [0.4, 0.5) is 0 Å². The molecular weight excluding hydrogens is 254 g/mol. The molecule has 4 heteroatoms. The van der Waals surface area contributed by atoms with E-state index in [1.165, 1.54) is 29.0 Å². The number of nitrogens with one attached hydrogen (secondary N) is 1. The Morgan fingerprint density at radius 1 is 1.21 bits per heavy atom. The Labute approximate surface area is 115 Å². The fourth-order valence-corrected chi connectivity index (χ4v) is 3.65. The highest BCUT2D eigenvalue weighted by Gasteiger charge is 2.17. The van der Waals surface area contributed by atoms with Gasteiger partial charge in [-0.25, -0.2) is 9.97 Å².